The first-order valence-corrected chi connectivity index (χ1v) is 28.2. The Morgan fingerprint density at radius 3 is 1.41 bits per heavy atom. The lowest BCUT2D eigenvalue weighted by Gasteiger charge is -2.30. The van der Waals surface area contributed by atoms with Crippen LogP contribution in [0.1, 0.15) is 231 Å². The van der Waals surface area contributed by atoms with E-state index in [-0.39, 0.29) is 0 Å². The maximum Gasteiger partial charge on any atom is 0.212 e. The van der Waals surface area contributed by atoms with Gasteiger partial charge in [-0.15, -0.1) is 10.2 Å². The van der Waals surface area contributed by atoms with E-state index < -0.39 is 10.2 Å². The lowest BCUT2D eigenvalue weighted by atomic mass is 10.0. The van der Waals surface area contributed by atoms with E-state index in [0.717, 1.165) is 13.1 Å². The predicted molar refractivity (Wildman–Crippen MR) is 272 cm³/mol. The van der Waals surface area contributed by atoms with Crippen molar-refractivity contribution in [2.45, 2.75) is 226 Å². The smallest absolute Gasteiger partial charge is 0.212 e. The molecule has 6 nitrogen and oxygen atoms in total. The fraction of sp³-hybridized carbons (Fsp3) is 0.610. The second kappa shape index (κ2) is 37.7. The number of halogens is 1. The molecule has 3 aromatic rings. The van der Waals surface area contributed by atoms with Crippen molar-refractivity contribution >= 4 is 28.7 Å². The fourth-order valence-electron chi connectivity index (χ4n) is 9.36. The summed E-state index contributed by atoms with van der Waals surface area (Å²) in [5, 5.41) is 1.32. The van der Waals surface area contributed by atoms with Gasteiger partial charge in [0.15, 0.2) is 0 Å². The molecule has 4 rings (SSSR count). The van der Waals surface area contributed by atoms with Crippen LogP contribution in [0.15, 0.2) is 96.7 Å². The van der Waals surface area contributed by atoms with E-state index in [1.54, 1.807) is 0 Å². The molecule has 1 aliphatic heterocycles. The number of aryl methyl sites for hydroxylation is 1. The summed E-state index contributed by atoms with van der Waals surface area (Å²) < 4.78 is 36.5. The van der Waals surface area contributed by atoms with Crippen LogP contribution in [0.25, 0.3) is 23.1 Å². The molecule has 0 saturated carbocycles. The number of rotatable bonds is 37. The van der Waals surface area contributed by atoms with E-state index in [9.17, 15) is 0 Å². The molecule has 7 heteroatoms. The van der Waals surface area contributed by atoms with Crippen LogP contribution in [-0.4, -0.2) is 6.54 Å². The van der Waals surface area contributed by atoms with Gasteiger partial charge in [0.2, 0.25) is 11.2 Å². The molecule has 0 radical (unpaired) electrons. The molecular weight excluding hydrogens is 836 g/mol. The molecule has 0 amide bonds. The van der Waals surface area contributed by atoms with Crippen molar-refractivity contribution in [3.05, 3.63) is 108 Å². The number of unbranched alkanes of at least 4 members (excludes halogenated alkanes) is 30. The molecule has 1 aromatic heterocycles. The third-order valence-electron chi connectivity index (χ3n) is 13.2. The molecule has 0 spiro atoms. The fourth-order valence-corrected chi connectivity index (χ4v) is 9.36. The first-order chi connectivity index (χ1) is 32.3. The second-order valence-corrected chi connectivity index (χ2v) is 19.6. The standard InChI is InChI=1S/C59H91N2.ClHO4/c1-3-5-7-9-11-13-15-17-19-21-23-25-27-29-31-40-52-60-56(50-48-54-42-36-38-46-58(54)60)44-34-33-35-45-57-51-49-55-43-37-39-47-59(55)61(57)53-41-32-30-28-26-24-22-20-18-16-14-12-10-8-6-4-2;2-1(3,4)5/h33-39,42-51H,3-32,40-41,52-53H2,1-2H3;(H,2,3,4,5)/q+1;/p-1. The quantitative estimate of drug-likeness (QED) is 0.0326. The molecule has 66 heavy (non-hydrogen) atoms. The highest BCUT2D eigenvalue weighted by molar-refractivity contribution is 5.77. The van der Waals surface area contributed by atoms with Gasteiger partial charge in [0.05, 0.1) is 0 Å². The monoisotopic (exact) mass is 927 g/mol. The molecule has 0 saturated heterocycles. The number of pyridine rings is 1. The molecule has 0 N–H and O–H groups in total. The van der Waals surface area contributed by atoms with Gasteiger partial charge in [-0.05, 0) is 48.8 Å². The van der Waals surface area contributed by atoms with E-state index in [4.69, 9.17) is 18.6 Å². The van der Waals surface area contributed by atoms with E-state index in [1.165, 1.54) is 239 Å². The first kappa shape index (κ1) is 57.1. The SMILES string of the molecule is CCCCCCCCCCCCCCCCCCN1/C(=C/C=C/C=C/c2ccc3ccccc3[n+]2CCCCCCCCCCCCCCCCCC)C=Cc2ccccc21.[O-][Cl+3]([O-])([O-])[O-]. The minimum atomic E-state index is -4.94. The highest BCUT2D eigenvalue weighted by atomic mass is 35.7. The predicted octanol–water partition coefficient (Wildman–Crippen LogP) is 13.9. The van der Waals surface area contributed by atoms with Crippen molar-refractivity contribution in [3.8, 4) is 0 Å². The lowest BCUT2D eigenvalue weighted by Crippen LogP contribution is -2.68. The van der Waals surface area contributed by atoms with Gasteiger partial charge in [0.1, 0.15) is 6.54 Å². The van der Waals surface area contributed by atoms with E-state index in [1.807, 2.05) is 0 Å². The Morgan fingerprint density at radius 2 is 0.894 bits per heavy atom. The number of aromatic nitrogens is 1. The van der Waals surface area contributed by atoms with Crippen LogP contribution in [0.5, 0.6) is 0 Å². The summed E-state index contributed by atoms with van der Waals surface area (Å²) in [5.74, 6) is 0. The summed E-state index contributed by atoms with van der Waals surface area (Å²) in [5.41, 5.74) is 6.58. The Hall–Kier alpha value is -3.26. The Morgan fingerprint density at radius 1 is 0.455 bits per heavy atom. The van der Waals surface area contributed by atoms with Gasteiger partial charge >= 0.3 is 0 Å². The topological polar surface area (TPSA) is 99.4 Å². The molecule has 0 aliphatic carbocycles. The molecule has 2 heterocycles. The normalized spacial score (nSPS) is 13.4. The molecule has 0 fully saturated rings. The maximum absolute atomic E-state index is 8.49. The summed E-state index contributed by atoms with van der Waals surface area (Å²) in [4.78, 5) is 2.54. The maximum atomic E-state index is 8.49. The van der Waals surface area contributed by atoms with Crippen molar-refractivity contribution in [1.29, 1.82) is 0 Å². The number of para-hydroxylation sites is 2. The van der Waals surface area contributed by atoms with Crippen LogP contribution in [0.2, 0.25) is 0 Å². The zero-order valence-electron chi connectivity index (χ0n) is 41.8. The van der Waals surface area contributed by atoms with Gasteiger partial charge in [0, 0.05) is 47.9 Å². The highest BCUT2D eigenvalue weighted by Crippen LogP contribution is 2.31. The Bertz CT molecular complexity index is 1770. The average molecular weight is 928 g/mol. The van der Waals surface area contributed by atoms with Gasteiger partial charge in [-0.1, -0.05) is 255 Å². The van der Waals surface area contributed by atoms with Gasteiger partial charge in [-0.25, -0.2) is 18.6 Å². The highest BCUT2D eigenvalue weighted by Gasteiger charge is 2.16. The van der Waals surface area contributed by atoms with Crippen molar-refractivity contribution in [1.82, 2.24) is 0 Å². The second-order valence-electron chi connectivity index (χ2n) is 18.8. The van der Waals surface area contributed by atoms with E-state index in [2.05, 4.69) is 127 Å². The Kier molecular flexibility index (Phi) is 32.6. The minimum Gasteiger partial charge on any atom is -0.341 e. The summed E-state index contributed by atoms with van der Waals surface area (Å²) in [6, 6.07) is 22.4. The van der Waals surface area contributed by atoms with Gasteiger partial charge in [-0.3, -0.25) is 0 Å². The summed E-state index contributed by atoms with van der Waals surface area (Å²) >= 11 is 0. The van der Waals surface area contributed by atoms with Crippen molar-refractivity contribution in [3.63, 3.8) is 0 Å². The van der Waals surface area contributed by atoms with Crippen molar-refractivity contribution < 1.29 is 33.4 Å². The first-order valence-electron chi connectivity index (χ1n) is 26.9. The Balaban J connectivity index is 0.00000219. The zero-order chi connectivity index (χ0) is 47.2. The van der Waals surface area contributed by atoms with Crippen LogP contribution < -0.4 is 28.1 Å². The number of benzene rings is 2. The summed E-state index contributed by atoms with van der Waals surface area (Å²) in [6.07, 6.45) is 60.9. The van der Waals surface area contributed by atoms with Crippen molar-refractivity contribution in [2.24, 2.45) is 0 Å². The average Bonchev–Trinajstić information content (AvgIpc) is 3.31. The van der Waals surface area contributed by atoms with Crippen molar-refractivity contribution in [2.75, 3.05) is 11.4 Å². The number of anilines is 1. The van der Waals surface area contributed by atoms with Gasteiger partial charge in [-0.2, -0.15) is 4.57 Å². The molecule has 1 aliphatic rings. The van der Waals surface area contributed by atoms with Gasteiger partial charge in [0.25, 0.3) is 0 Å². The molecule has 0 bridgehead atoms. The number of nitrogens with zero attached hydrogens (tertiary/aromatic N) is 2. The largest absolute Gasteiger partial charge is 0.341 e. The van der Waals surface area contributed by atoms with E-state index >= 15 is 0 Å². The molecule has 0 unspecified atom stereocenters. The molecule has 2 aromatic carbocycles. The molecule has 368 valence electrons. The Labute approximate surface area is 405 Å². The van der Waals surface area contributed by atoms with Gasteiger partial charge < -0.3 is 4.90 Å². The number of hydrogen-bond donors (Lipinski definition) is 0. The number of fused-ring (bicyclic) bond motifs is 2. The summed E-state index contributed by atoms with van der Waals surface area (Å²) in [6.45, 7) is 6.76. The number of allylic oxidation sites excluding steroid dienone is 5. The molecular formula is C59H91ClN2O4. The third-order valence-corrected chi connectivity index (χ3v) is 13.2. The third kappa shape index (κ3) is 27.5. The van der Waals surface area contributed by atoms with Crippen LogP contribution >= 0.6 is 0 Å². The summed E-state index contributed by atoms with van der Waals surface area (Å²) in [7, 11) is -4.94. The molecule has 0 atom stereocenters. The zero-order valence-corrected chi connectivity index (χ0v) is 42.5. The number of hydrogen-bond acceptors (Lipinski definition) is 5. The minimum absolute atomic E-state index is 1.08. The van der Waals surface area contributed by atoms with Crippen LogP contribution in [-0.2, 0) is 6.54 Å². The van der Waals surface area contributed by atoms with E-state index in [0.29, 0.717) is 0 Å². The van der Waals surface area contributed by atoms with Crippen LogP contribution in [0, 0.1) is 10.2 Å². The van der Waals surface area contributed by atoms with Crippen LogP contribution in [0.3, 0.4) is 0 Å². The van der Waals surface area contributed by atoms with Crippen LogP contribution in [0.4, 0.5) is 5.69 Å². The lowest BCUT2D eigenvalue weighted by molar-refractivity contribution is -2.00.